The van der Waals surface area contributed by atoms with Crippen molar-refractivity contribution in [2.24, 2.45) is 13.0 Å². The monoisotopic (exact) mass is 456 g/mol. The topological polar surface area (TPSA) is 76.0 Å². The van der Waals surface area contributed by atoms with E-state index in [4.69, 9.17) is 11.6 Å². The van der Waals surface area contributed by atoms with E-state index in [9.17, 15) is 9.59 Å². The van der Waals surface area contributed by atoms with E-state index in [2.05, 4.69) is 15.6 Å². The third-order valence-electron chi connectivity index (χ3n) is 4.78. The molecule has 1 aromatic heterocycles. The Morgan fingerprint density at radius 1 is 1.13 bits per heavy atom. The van der Waals surface area contributed by atoms with E-state index in [1.807, 2.05) is 56.8 Å². The molecule has 31 heavy (non-hydrogen) atoms. The van der Waals surface area contributed by atoms with Crippen LogP contribution in [0.4, 0.5) is 5.69 Å². The van der Waals surface area contributed by atoms with Gasteiger partial charge in [0.25, 0.3) is 5.91 Å². The van der Waals surface area contributed by atoms with Crippen LogP contribution in [0.2, 0.25) is 5.02 Å². The first-order valence-corrected chi connectivity index (χ1v) is 11.1. The first kappa shape index (κ1) is 22.9. The van der Waals surface area contributed by atoms with Crippen LogP contribution in [0.25, 0.3) is 0 Å². The summed E-state index contributed by atoms with van der Waals surface area (Å²) in [5.74, 6) is -0.663. The standard InChI is InChI=1S/C23H25ClN4O2S/c1-14(2)20(27-21(29)16-5-7-17(24)8-6-16)22(30)26-19-10-9-18(13-15(19)3)31-23-25-11-12-28(23)4/h5-14,20H,1-4H3,(H,26,30)(H,27,29). The van der Waals surface area contributed by atoms with E-state index in [1.54, 1.807) is 42.2 Å². The number of aryl methyl sites for hydroxylation is 2. The average molecular weight is 457 g/mol. The summed E-state index contributed by atoms with van der Waals surface area (Å²) in [6.07, 6.45) is 3.66. The van der Waals surface area contributed by atoms with Gasteiger partial charge in [0.2, 0.25) is 5.91 Å². The normalized spacial score (nSPS) is 11.9. The summed E-state index contributed by atoms with van der Waals surface area (Å²) in [5.41, 5.74) is 2.09. The fraction of sp³-hybridized carbons (Fsp3) is 0.261. The molecule has 2 amide bonds. The van der Waals surface area contributed by atoms with Gasteiger partial charge in [0.15, 0.2) is 5.16 Å². The SMILES string of the molecule is Cc1cc(Sc2nccn2C)ccc1NC(=O)C(NC(=O)c1ccc(Cl)cc1)C(C)C. The van der Waals surface area contributed by atoms with Crippen LogP contribution >= 0.6 is 23.4 Å². The number of anilines is 1. The van der Waals surface area contributed by atoms with Crippen LogP contribution in [-0.2, 0) is 11.8 Å². The highest BCUT2D eigenvalue weighted by atomic mass is 35.5. The van der Waals surface area contributed by atoms with E-state index >= 15 is 0 Å². The molecule has 0 spiro atoms. The molecule has 0 aliphatic rings. The van der Waals surface area contributed by atoms with E-state index in [1.165, 1.54) is 0 Å². The van der Waals surface area contributed by atoms with E-state index in [0.717, 1.165) is 15.6 Å². The maximum atomic E-state index is 12.9. The van der Waals surface area contributed by atoms with Crippen LogP contribution in [0.3, 0.4) is 0 Å². The van der Waals surface area contributed by atoms with E-state index < -0.39 is 6.04 Å². The molecule has 1 atom stereocenters. The fourth-order valence-electron chi connectivity index (χ4n) is 2.97. The number of nitrogens with zero attached hydrogens (tertiary/aromatic N) is 2. The van der Waals surface area contributed by atoms with Gasteiger partial charge in [-0.2, -0.15) is 0 Å². The van der Waals surface area contributed by atoms with Crippen molar-refractivity contribution >= 4 is 40.9 Å². The first-order chi connectivity index (χ1) is 14.7. The molecule has 0 aliphatic carbocycles. The van der Waals surface area contributed by atoms with Gasteiger partial charge in [-0.1, -0.05) is 37.2 Å². The molecule has 1 unspecified atom stereocenters. The van der Waals surface area contributed by atoms with Gasteiger partial charge in [0, 0.05) is 40.6 Å². The zero-order chi connectivity index (χ0) is 22.5. The number of nitrogens with one attached hydrogen (secondary N) is 2. The highest BCUT2D eigenvalue weighted by Crippen LogP contribution is 2.29. The smallest absolute Gasteiger partial charge is 0.251 e. The molecule has 0 fully saturated rings. The van der Waals surface area contributed by atoms with Crippen molar-refractivity contribution in [2.45, 2.75) is 36.9 Å². The van der Waals surface area contributed by atoms with Crippen molar-refractivity contribution in [1.82, 2.24) is 14.9 Å². The Labute approximate surface area is 191 Å². The number of halogens is 1. The summed E-state index contributed by atoms with van der Waals surface area (Å²) in [7, 11) is 1.95. The van der Waals surface area contributed by atoms with Gasteiger partial charge in [0.05, 0.1) is 0 Å². The molecule has 3 aromatic rings. The van der Waals surface area contributed by atoms with Crippen LogP contribution in [0.15, 0.2) is 64.9 Å². The minimum atomic E-state index is -0.677. The molecule has 3 rings (SSSR count). The number of carbonyl (C=O) groups is 2. The van der Waals surface area contributed by atoms with Crippen LogP contribution in [-0.4, -0.2) is 27.4 Å². The van der Waals surface area contributed by atoms with Gasteiger partial charge in [-0.25, -0.2) is 4.98 Å². The van der Waals surface area contributed by atoms with Gasteiger partial charge in [0.1, 0.15) is 6.04 Å². The summed E-state index contributed by atoms with van der Waals surface area (Å²) in [6.45, 7) is 5.73. The van der Waals surface area contributed by atoms with Gasteiger partial charge in [-0.3, -0.25) is 9.59 Å². The van der Waals surface area contributed by atoms with Crippen LogP contribution in [0, 0.1) is 12.8 Å². The second-order valence-corrected chi connectivity index (χ2v) is 9.07. The zero-order valence-corrected chi connectivity index (χ0v) is 19.4. The molecule has 2 aromatic carbocycles. The van der Waals surface area contributed by atoms with Gasteiger partial charge >= 0.3 is 0 Å². The Morgan fingerprint density at radius 2 is 1.84 bits per heavy atom. The molecular weight excluding hydrogens is 432 g/mol. The lowest BCUT2D eigenvalue weighted by Crippen LogP contribution is -2.47. The highest BCUT2D eigenvalue weighted by molar-refractivity contribution is 7.99. The minimum absolute atomic E-state index is 0.0881. The van der Waals surface area contributed by atoms with E-state index in [-0.39, 0.29) is 17.7 Å². The molecule has 0 saturated carbocycles. The number of rotatable bonds is 7. The summed E-state index contributed by atoms with van der Waals surface area (Å²) in [6, 6.07) is 11.7. The first-order valence-electron chi connectivity index (χ1n) is 9.87. The largest absolute Gasteiger partial charge is 0.340 e. The lowest BCUT2D eigenvalue weighted by Gasteiger charge is -2.22. The summed E-state index contributed by atoms with van der Waals surface area (Å²) >= 11 is 7.44. The van der Waals surface area contributed by atoms with Crippen molar-refractivity contribution in [3.8, 4) is 0 Å². The summed E-state index contributed by atoms with van der Waals surface area (Å²) in [5, 5.41) is 7.22. The molecule has 0 bridgehead atoms. The molecule has 6 nitrogen and oxygen atoms in total. The zero-order valence-electron chi connectivity index (χ0n) is 17.8. The second kappa shape index (κ2) is 10.0. The third-order valence-corrected chi connectivity index (χ3v) is 6.10. The number of hydrogen-bond acceptors (Lipinski definition) is 4. The van der Waals surface area contributed by atoms with Crippen LogP contribution in [0.1, 0.15) is 29.8 Å². The van der Waals surface area contributed by atoms with Crippen molar-refractivity contribution < 1.29 is 9.59 Å². The number of benzene rings is 2. The molecule has 0 aliphatic heterocycles. The Morgan fingerprint density at radius 3 is 2.42 bits per heavy atom. The number of carbonyl (C=O) groups excluding carboxylic acids is 2. The van der Waals surface area contributed by atoms with Gasteiger partial charge in [-0.05, 0) is 60.9 Å². The van der Waals surface area contributed by atoms with Crippen molar-refractivity contribution in [2.75, 3.05) is 5.32 Å². The maximum absolute atomic E-state index is 12.9. The number of aromatic nitrogens is 2. The lowest BCUT2D eigenvalue weighted by molar-refractivity contribution is -0.118. The molecule has 2 N–H and O–H groups in total. The lowest BCUT2D eigenvalue weighted by atomic mass is 10.0. The minimum Gasteiger partial charge on any atom is -0.340 e. The van der Waals surface area contributed by atoms with Crippen LogP contribution < -0.4 is 10.6 Å². The van der Waals surface area contributed by atoms with Crippen molar-refractivity contribution in [3.05, 3.63) is 71.0 Å². The molecule has 162 valence electrons. The summed E-state index contributed by atoms with van der Waals surface area (Å²) in [4.78, 5) is 30.9. The molecule has 0 saturated heterocycles. The fourth-order valence-corrected chi connectivity index (χ4v) is 3.99. The van der Waals surface area contributed by atoms with Crippen LogP contribution in [0.5, 0.6) is 0 Å². The Hall–Kier alpha value is -2.77. The molecule has 8 heteroatoms. The Kier molecular flexibility index (Phi) is 7.41. The molecular formula is C23H25ClN4O2S. The van der Waals surface area contributed by atoms with Gasteiger partial charge in [-0.15, -0.1) is 0 Å². The maximum Gasteiger partial charge on any atom is 0.251 e. The number of imidazole rings is 1. The van der Waals surface area contributed by atoms with Gasteiger partial charge < -0.3 is 15.2 Å². The summed E-state index contributed by atoms with van der Waals surface area (Å²) < 4.78 is 1.95. The van der Waals surface area contributed by atoms with Crippen molar-refractivity contribution in [3.63, 3.8) is 0 Å². The molecule has 0 radical (unpaired) electrons. The Bertz CT molecular complexity index is 1080. The van der Waals surface area contributed by atoms with E-state index in [0.29, 0.717) is 16.3 Å². The number of amides is 2. The highest BCUT2D eigenvalue weighted by Gasteiger charge is 2.25. The predicted octanol–water partition coefficient (Wildman–Crippen LogP) is 4.93. The second-order valence-electron chi connectivity index (χ2n) is 7.59. The third kappa shape index (κ3) is 5.89. The Balaban J connectivity index is 1.69. The predicted molar refractivity (Wildman–Crippen MR) is 125 cm³/mol. The quantitative estimate of drug-likeness (QED) is 0.528. The van der Waals surface area contributed by atoms with Crippen molar-refractivity contribution in [1.29, 1.82) is 0 Å². The molecule has 1 heterocycles. The number of hydrogen-bond donors (Lipinski definition) is 2. The average Bonchev–Trinajstić information content (AvgIpc) is 3.12.